The van der Waals surface area contributed by atoms with Crippen LogP contribution in [0.3, 0.4) is 0 Å². The summed E-state index contributed by atoms with van der Waals surface area (Å²) >= 11 is 4.93. The van der Waals surface area contributed by atoms with Crippen molar-refractivity contribution in [1.82, 2.24) is 14.8 Å². The van der Waals surface area contributed by atoms with Crippen LogP contribution in [-0.2, 0) is 13.6 Å². The van der Waals surface area contributed by atoms with Crippen molar-refractivity contribution in [2.45, 2.75) is 13.5 Å². The quantitative estimate of drug-likeness (QED) is 0.814. The van der Waals surface area contributed by atoms with Gasteiger partial charge in [0.2, 0.25) is 0 Å². The molecule has 0 atom stereocenters. The zero-order chi connectivity index (χ0) is 13.1. The van der Waals surface area contributed by atoms with Gasteiger partial charge in [0.1, 0.15) is 10.8 Å². The van der Waals surface area contributed by atoms with Crippen molar-refractivity contribution in [2.75, 3.05) is 5.32 Å². The molecule has 0 fully saturated rings. The number of nitrogens with two attached hydrogens (primary N) is 1. The van der Waals surface area contributed by atoms with E-state index in [1.165, 1.54) is 0 Å². The van der Waals surface area contributed by atoms with E-state index in [4.69, 9.17) is 18.0 Å². The summed E-state index contributed by atoms with van der Waals surface area (Å²) < 4.78 is 1.84. The molecule has 6 heteroatoms. The monoisotopic (exact) mass is 261 g/mol. The van der Waals surface area contributed by atoms with Crippen LogP contribution in [0.2, 0.25) is 0 Å². The molecule has 0 bridgehead atoms. The highest BCUT2D eigenvalue weighted by Crippen LogP contribution is 2.11. The minimum absolute atomic E-state index is 0.373. The molecule has 0 spiro atoms. The normalized spacial score (nSPS) is 10.3. The van der Waals surface area contributed by atoms with E-state index in [2.05, 4.69) is 15.4 Å². The number of nitrogens with zero attached hydrogens (tertiary/aromatic N) is 3. The van der Waals surface area contributed by atoms with E-state index in [0.29, 0.717) is 11.5 Å². The zero-order valence-electron chi connectivity index (χ0n) is 10.3. The van der Waals surface area contributed by atoms with Crippen molar-refractivity contribution in [3.05, 3.63) is 41.3 Å². The molecular weight excluding hydrogens is 246 g/mol. The minimum atomic E-state index is 0.373. The van der Waals surface area contributed by atoms with Crippen molar-refractivity contribution in [2.24, 2.45) is 12.8 Å². The van der Waals surface area contributed by atoms with E-state index in [9.17, 15) is 0 Å². The topological polar surface area (TPSA) is 68.8 Å². The summed E-state index contributed by atoms with van der Waals surface area (Å²) in [6.07, 6.45) is 3.53. The maximum Gasteiger partial charge on any atom is 0.126 e. The Kier molecular flexibility index (Phi) is 3.57. The molecular formula is C12H15N5S. The Morgan fingerprint density at radius 3 is 2.94 bits per heavy atom. The van der Waals surface area contributed by atoms with Gasteiger partial charge in [-0.05, 0) is 19.1 Å². The number of anilines is 1. The third-order valence-corrected chi connectivity index (χ3v) is 3.08. The smallest absolute Gasteiger partial charge is 0.126 e. The van der Waals surface area contributed by atoms with Crippen LogP contribution in [0.25, 0.3) is 0 Å². The van der Waals surface area contributed by atoms with E-state index in [1.54, 1.807) is 12.3 Å². The van der Waals surface area contributed by atoms with Gasteiger partial charge in [0.25, 0.3) is 0 Å². The van der Waals surface area contributed by atoms with Crippen molar-refractivity contribution in [3.8, 4) is 0 Å². The first-order chi connectivity index (χ1) is 8.58. The fraction of sp³-hybridized carbons (Fsp3) is 0.250. The van der Waals surface area contributed by atoms with Gasteiger partial charge in [-0.2, -0.15) is 5.10 Å². The van der Waals surface area contributed by atoms with Crippen molar-refractivity contribution < 1.29 is 0 Å². The SMILES string of the molecule is Cc1c(CNc2cc(C(N)=S)ccn2)cnn1C. The summed E-state index contributed by atoms with van der Waals surface area (Å²) in [7, 11) is 1.92. The summed E-state index contributed by atoms with van der Waals surface area (Å²) in [5.74, 6) is 0.753. The summed E-state index contributed by atoms with van der Waals surface area (Å²) in [4.78, 5) is 4.59. The van der Waals surface area contributed by atoms with Crippen LogP contribution in [0.5, 0.6) is 0 Å². The van der Waals surface area contributed by atoms with Gasteiger partial charge in [-0.3, -0.25) is 4.68 Å². The first kappa shape index (κ1) is 12.5. The Morgan fingerprint density at radius 1 is 1.56 bits per heavy atom. The Balaban J connectivity index is 2.08. The minimum Gasteiger partial charge on any atom is -0.389 e. The van der Waals surface area contributed by atoms with Crippen LogP contribution >= 0.6 is 12.2 Å². The van der Waals surface area contributed by atoms with Gasteiger partial charge in [-0.15, -0.1) is 0 Å². The number of hydrogen-bond acceptors (Lipinski definition) is 4. The molecule has 2 heterocycles. The number of rotatable bonds is 4. The second-order valence-corrected chi connectivity index (χ2v) is 4.47. The van der Waals surface area contributed by atoms with E-state index in [1.807, 2.05) is 30.9 Å². The predicted octanol–water partition coefficient (Wildman–Crippen LogP) is 1.37. The van der Waals surface area contributed by atoms with Gasteiger partial charge >= 0.3 is 0 Å². The van der Waals surface area contributed by atoms with Crippen LogP contribution in [0.15, 0.2) is 24.5 Å². The van der Waals surface area contributed by atoms with E-state index in [0.717, 1.165) is 22.6 Å². The molecule has 3 N–H and O–H groups in total. The lowest BCUT2D eigenvalue weighted by atomic mass is 10.2. The molecule has 2 aromatic rings. The molecule has 0 radical (unpaired) electrons. The van der Waals surface area contributed by atoms with Gasteiger partial charge in [0, 0.05) is 36.6 Å². The molecule has 0 aliphatic rings. The van der Waals surface area contributed by atoms with Crippen molar-refractivity contribution in [1.29, 1.82) is 0 Å². The number of thiocarbonyl (C=S) groups is 1. The fourth-order valence-corrected chi connectivity index (χ4v) is 1.71. The van der Waals surface area contributed by atoms with Crippen molar-refractivity contribution >= 4 is 23.0 Å². The summed E-state index contributed by atoms with van der Waals surface area (Å²) in [5, 5.41) is 7.42. The molecule has 0 unspecified atom stereocenters. The molecule has 94 valence electrons. The first-order valence-electron chi connectivity index (χ1n) is 5.55. The fourth-order valence-electron chi connectivity index (χ4n) is 1.58. The van der Waals surface area contributed by atoms with E-state index in [-0.39, 0.29) is 0 Å². The molecule has 0 aliphatic carbocycles. The maximum atomic E-state index is 5.58. The van der Waals surface area contributed by atoms with Gasteiger partial charge < -0.3 is 11.1 Å². The summed E-state index contributed by atoms with van der Waals surface area (Å²) in [5.41, 5.74) is 8.66. The molecule has 0 aliphatic heterocycles. The average molecular weight is 261 g/mol. The molecule has 0 saturated heterocycles. The van der Waals surface area contributed by atoms with Gasteiger partial charge in [0.05, 0.1) is 6.20 Å². The first-order valence-corrected chi connectivity index (χ1v) is 5.96. The van der Waals surface area contributed by atoms with Gasteiger partial charge in [-0.1, -0.05) is 12.2 Å². The molecule has 0 amide bonds. The number of pyridine rings is 1. The summed E-state index contributed by atoms with van der Waals surface area (Å²) in [6.45, 7) is 2.70. The van der Waals surface area contributed by atoms with Crippen LogP contribution in [0, 0.1) is 6.92 Å². The van der Waals surface area contributed by atoms with Crippen LogP contribution in [0.4, 0.5) is 5.82 Å². The molecule has 5 nitrogen and oxygen atoms in total. The predicted molar refractivity (Wildman–Crippen MR) is 75.4 cm³/mol. The number of hydrogen-bond donors (Lipinski definition) is 2. The van der Waals surface area contributed by atoms with Gasteiger partial charge in [-0.25, -0.2) is 4.98 Å². The largest absolute Gasteiger partial charge is 0.389 e. The molecule has 0 aromatic carbocycles. The number of nitrogens with one attached hydrogen (secondary N) is 1. The lowest BCUT2D eigenvalue weighted by molar-refractivity contribution is 0.738. The molecule has 0 saturated carbocycles. The lowest BCUT2D eigenvalue weighted by Crippen LogP contribution is -2.10. The average Bonchev–Trinajstić information content (AvgIpc) is 2.68. The van der Waals surface area contributed by atoms with Crippen LogP contribution < -0.4 is 11.1 Å². The number of aryl methyl sites for hydroxylation is 1. The van der Waals surface area contributed by atoms with Crippen molar-refractivity contribution in [3.63, 3.8) is 0 Å². The highest BCUT2D eigenvalue weighted by Gasteiger charge is 2.04. The Morgan fingerprint density at radius 2 is 2.33 bits per heavy atom. The highest BCUT2D eigenvalue weighted by atomic mass is 32.1. The highest BCUT2D eigenvalue weighted by molar-refractivity contribution is 7.80. The molecule has 18 heavy (non-hydrogen) atoms. The Bertz CT molecular complexity index is 576. The van der Waals surface area contributed by atoms with E-state index >= 15 is 0 Å². The molecule has 2 aromatic heterocycles. The Hall–Kier alpha value is -1.95. The number of aromatic nitrogens is 3. The second kappa shape index (κ2) is 5.14. The Labute approximate surface area is 111 Å². The van der Waals surface area contributed by atoms with Crippen LogP contribution in [-0.4, -0.2) is 19.8 Å². The second-order valence-electron chi connectivity index (χ2n) is 4.03. The van der Waals surface area contributed by atoms with Crippen LogP contribution in [0.1, 0.15) is 16.8 Å². The summed E-state index contributed by atoms with van der Waals surface area (Å²) in [6, 6.07) is 3.64. The zero-order valence-corrected chi connectivity index (χ0v) is 11.2. The standard InChI is InChI=1S/C12H15N5S/c1-8-10(7-16-17(8)2)6-15-11-5-9(12(13)18)3-4-14-11/h3-5,7H,6H2,1-2H3,(H2,13,18)(H,14,15). The van der Waals surface area contributed by atoms with E-state index < -0.39 is 0 Å². The third-order valence-electron chi connectivity index (χ3n) is 2.84. The molecule has 2 rings (SSSR count). The third kappa shape index (κ3) is 2.65. The lowest BCUT2D eigenvalue weighted by Gasteiger charge is -2.06. The van der Waals surface area contributed by atoms with Gasteiger partial charge in [0.15, 0.2) is 0 Å². The maximum absolute atomic E-state index is 5.58.